The fourth-order valence-corrected chi connectivity index (χ4v) is 4.94. The van der Waals surface area contributed by atoms with Crippen molar-refractivity contribution in [1.29, 1.82) is 0 Å². The summed E-state index contributed by atoms with van der Waals surface area (Å²) in [4.78, 5) is 80.3. The van der Waals surface area contributed by atoms with Crippen molar-refractivity contribution in [3.05, 3.63) is 119 Å². The molecule has 282 valence electrons. The molecule has 0 saturated carbocycles. The van der Waals surface area contributed by atoms with Crippen LogP contribution in [0.1, 0.15) is 41.4 Å². The van der Waals surface area contributed by atoms with Gasteiger partial charge in [0.05, 0.1) is 48.4 Å². The molecule has 16 nitrogen and oxygen atoms in total. The molecule has 0 bridgehead atoms. The molecule has 0 aliphatic heterocycles. The van der Waals surface area contributed by atoms with Crippen LogP contribution in [0, 0.1) is 0 Å². The van der Waals surface area contributed by atoms with Gasteiger partial charge in [-0.3, -0.25) is 9.59 Å². The van der Waals surface area contributed by atoms with E-state index in [-0.39, 0.29) is 97.6 Å². The van der Waals surface area contributed by atoms with Crippen LogP contribution in [0.4, 0.5) is 22.7 Å². The van der Waals surface area contributed by atoms with Gasteiger partial charge in [-0.05, 0) is 48.5 Å². The highest BCUT2D eigenvalue weighted by molar-refractivity contribution is 6.34. The maximum atomic E-state index is 13.8. The number of carbonyl (C=O) groups excluding carboxylic acids is 6. The SMILES string of the molecule is Nc1ccccc1C(=O)OCCN(CCOC(=O)c1ccccc1N)C(=O)C(=O)N(CCOC(=O)c1ccccc1N)CCOC(=O)c1ccccc1N. The lowest BCUT2D eigenvalue weighted by molar-refractivity contribution is -0.153. The summed E-state index contributed by atoms with van der Waals surface area (Å²) in [5, 5.41) is 0. The second-order valence-corrected chi connectivity index (χ2v) is 11.5. The van der Waals surface area contributed by atoms with Crippen LogP contribution < -0.4 is 22.9 Å². The molecular weight excluding hydrogens is 700 g/mol. The molecular formula is C38H40N6O10. The van der Waals surface area contributed by atoms with Gasteiger partial charge in [-0.15, -0.1) is 0 Å². The standard InChI is InChI=1S/C38H40N6O10/c39-29-13-5-1-9-25(29)35(47)51-21-17-43(18-22-52-36(48)26-10-2-6-14-30(26)40)33(45)34(46)44(19-23-53-37(49)27-11-3-7-15-31(27)41)20-24-54-38(50)28-12-4-8-16-32(28)42/h1-16H,17-24,39-42H2. The topological polar surface area (TPSA) is 250 Å². The maximum Gasteiger partial charge on any atom is 0.340 e. The molecule has 0 spiro atoms. The average Bonchev–Trinajstić information content (AvgIpc) is 3.16. The van der Waals surface area contributed by atoms with Gasteiger partial charge >= 0.3 is 35.7 Å². The van der Waals surface area contributed by atoms with Crippen LogP contribution >= 0.6 is 0 Å². The van der Waals surface area contributed by atoms with Crippen molar-refractivity contribution in [2.24, 2.45) is 0 Å². The number of benzene rings is 4. The second-order valence-electron chi connectivity index (χ2n) is 11.5. The predicted molar refractivity (Wildman–Crippen MR) is 198 cm³/mol. The molecule has 0 aliphatic carbocycles. The first-order valence-electron chi connectivity index (χ1n) is 16.6. The highest BCUT2D eigenvalue weighted by atomic mass is 16.5. The molecule has 0 radical (unpaired) electrons. The Hall–Kier alpha value is -7.10. The Morgan fingerprint density at radius 2 is 0.574 bits per heavy atom. The van der Waals surface area contributed by atoms with Crippen LogP contribution in [0.5, 0.6) is 0 Å². The molecule has 4 aromatic carbocycles. The Morgan fingerprint density at radius 3 is 0.778 bits per heavy atom. The third kappa shape index (κ3) is 10.9. The van der Waals surface area contributed by atoms with E-state index in [0.29, 0.717) is 0 Å². The highest BCUT2D eigenvalue weighted by Gasteiger charge is 2.29. The molecule has 4 rings (SSSR count). The molecule has 8 N–H and O–H groups in total. The van der Waals surface area contributed by atoms with Gasteiger partial charge in [-0.1, -0.05) is 48.5 Å². The molecule has 0 atom stereocenters. The van der Waals surface area contributed by atoms with Crippen LogP contribution in [-0.4, -0.2) is 98.1 Å². The molecule has 2 amide bonds. The van der Waals surface area contributed by atoms with Gasteiger partial charge in [-0.25, -0.2) is 19.2 Å². The fraction of sp³-hybridized carbons (Fsp3) is 0.211. The Morgan fingerprint density at radius 1 is 0.370 bits per heavy atom. The van der Waals surface area contributed by atoms with Gasteiger partial charge in [0.15, 0.2) is 0 Å². The number of ether oxygens (including phenoxy) is 4. The Bertz CT molecular complexity index is 1720. The molecule has 16 heteroatoms. The molecule has 0 aromatic heterocycles. The number of nitrogens with two attached hydrogens (primary N) is 4. The van der Waals surface area contributed by atoms with Crippen LogP contribution in [-0.2, 0) is 28.5 Å². The van der Waals surface area contributed by atoms with E-state index in [0.717, 1.165) is 9.80 Å². The van der Waals surface area contributed by atoms with Gasteiger partial charge in [-0.2, -0.15) is 0 Å². The smallest absolute Gasteiger partial charge is 0.340 e. The number of hydrogen-bond donors (Lipinski definition) is 4. The summed E-state index contributed by atoms with van der Waals surface area (Å²) in [6, 6.07) is 24.9. The van der Waals surface area contributed by atoms with E-state index < -0.39 is 35.7 Å². The van der Waals surface area contributed by atoms with Gasteiger partial charge in [0.1, 0.15) is 26.4 Å². The zero-order valence-electron chi connectivity index (χ0n) is 29.2. The highest BCUT2D eigenvalue weighted by Crippen LogP contribution is 2.15. The van der Waals surface area contributed by atoms with Crippen molar-refractivity contribution in [3.63, 3.8) is 0 Å². The lowest BCUT2D eigenvalue weighted by Gasteiger charge is -2.27. The first-order chi connectivity index (χ1) is 26.0. The summed E-state index contributed by atoms with van der Waals surface area (Å²) in [5.41, 5.74) is 24.6. The fourth-order valence-electron chi connectivity index (χ4n) is 4.94. The van der Waals surface area contributed by atoms with Crippen LogP contribution in [0.3, 0.4) is 0 Å². The van der Waals surface area contributed by atoms with Gasteiger partial charge < -0.3 is 51.7 Å². The third-order valence-electron chi connectivity index (χ3n) is 7.86. The predicted octanol–water partition coefficient (Wildman–Crippen LogP) is 2.40. The first-order valence-corrected chi connectivity index (χ1v) is 16.6. The number of anilines is 4. The van der Waals surface area contributed by atoms with Crippen molar-refractivity contribution < 1.29 is 47.7 Å². The van der Waals surface area contributed by atoms with E-state index in [4.69, 9.17) is 41.9 Å². The molecule has 4 aromatic rings. The quantitative estimate of drug-likeness (QED) is 0.0558. The Labute approximate surface area is 310 Å². The van der Waals surface area contributed by atoms with Crippen molar-refractivity contribution in [2.75, 3.05) is 75.5 Å². The van der Waals surface area contributed by atoms with Gasteiger partial charge in [0, 0.05) is 22.7 Å². The van der Waals surface area contributed by atoms with E-state index in [1.165, 1.54) is 48.5 Å². The Kier molecular flexibility index (Phi) is 14.3. The molecule has 0 unspecified atom stereocenters. The van der Waals surface area contributed by atoms with E-state index in [9.17, 15) is 28.8 Å². The summed E-state index contributed by atoms with van der Waals surface area (Å²) in [7, 11) is 0. The molecule has 0 aliphatic rings. The minimum atomic E-state index is -1.09. The lowest BCUT2D eigenvalue weighted by atomic mass is 10.2. The van der Waals surface area contributed by atoms with Crippen molar-refractivity contribution >= 4 is 58.4 Å². The van der Waals surface area contributed by atoms with Gasteiger partial charge in [0.2, 0.25) is 0 Å². The summed E-state index contributed by atoms with van der Waals surface area (Å²) in [5.74, 6) is -5.22. The zero-order valence-corrected chi connectivity index (χ0v) is 29.2. The molecule has 0 fully saturated rings. The van der Waals surface area contributed by atoms with Crippen molar-refractivity contribution in [1.82, 2.24) is 9.80 Å². The van der Waals surface area contributed by atoms with E-state index in [1.54, 1.807) is 48.5 Å². The third-order valence-corrected chi connectivity index (χ3v) is 7.86. The zero-order chi connectivity index (χ0) is 39.0. The first kappa shape index (κ1) is 39.7. The number of hydrogen-bond acceptors (Lipinski definition) is 14. The Balaban J connectivity index is 1.48. The van der Waals surface area contributed by atoms with Crippen LogP contribution in [0.2, 0.25) is 0 Å². The number of amides is 2. The van der Waals surface area contributed by atoms with Gasteiger partial charge in [0.25, 0.3) is 0 Å². The molecule has 54 heavy (non-hydrogen) atoms. The number of nitrogens with zero attached hydrogens (tertiary/aromatic N) is 2. The normalized spacial score (nSPS) is 10.4. The summed E-state index contributed by atoms with van der Waals surface area (Å²) >= 11 is 0. The van der Waals surface area contributed by atoms with Crippen LogP contribution in [0.25, 0.3) is 0 Å². The van der Waals surface area contributed by atoms with E-state index >= 15 is 0 Å². The number of para-hydroxylation sites is 4. The average molecular weight is 741 g/mol. The lowest BCUT2D eigenvalue weighted by Crippen LogP contribution is -2.49. The van der Waals surface area contributed by atoms with E-state index in [2.05, 4.69) is 0 Å². The number of rotatable bonds is 16. The molecule has 0 heterocycles. The van der Waals surface area contributed by atoms with Crippen molar-refractivity contribution in [2.45, 2.75) is 0 Å². The monoisotopic (exact) mass is 740 g/mol. The van der Waals surface area contributed by atoms with E-state index in [1.807, 2.05) is 0 Å². The van der Waals surface area contributed by atoms with Crippen LogP contribution in [0.15, 0.2) is 97.1 Å². The maximum absolute atomic E-state index is 13.8. The number of carbonyl (C=O) groups is 6. The second kappa shape index (κ2) is 19.5. The molecule has 0 saturated heterocycles. The number of nitrogen functional groups attached to an aromatic ring is 4. The summed E-state index contributed by atoms with van der Waals surface area (Å²) in [6.07, 6.45) is 0. The number of esters is 4. The summed E-state index contributed by atoms with van der Waals surface area (Å²) in [6.45, 7) is -2.65. The minimum absolute atomic E-state index is 0.102. The summed E-state index contributed by atoms with van der Waals surface area (Å²) < 4.78 is 21.3. The minimum Gasteiger partial charge on any atom is -0.460 e. The largest absolute Gasteiger partial charge is 0.460 e. The van der Waals surface area contributed by atoms with Crippen molar-refractivity contribution in [3.8, 4) is 0 Å².